The molecule has 2 rings (SSSR count). The molecular weight excluding hydrogens is 268 g/mol. The van der Waals surface area contributed by atoms with Crippen LogP contribution in [0.2, 0.25) is 0 Å². The quantitative estimate of drug-likeness (QED) is 0.370. The lowest BCUT2D eigenvalue weighted by atomic mass is 10.0. The van der Waals surface area contributed by atoms with Crippen LogP contribution < -0.4 is 4.74 Å². The fraction of sp³-hybridized carbons (Fsp3) is 0.0625. The first kappa shape index (κ1) is 14.3. The van der Waals surface area contributed by atoms with Crippen molar-refractivity contribution < 1.29 is 9.66 Å². The van der Waals surface area contributed by atoms with Crippen molar-refractivity contribution in [3.05, 3.63) is 69.8 Å². The number of hydrogen-bond donors (Lipinski definition) is 0. The lowest BCUT2D eigenvalue weighted by molar-refractivity contribution is -0.385. The molecule has 0 aliphatic rings. The van der Waals surface area contributed by atoms with E-state index in [9.17, 15) is 15.4 Å². The van der Waals surface area contributed by atoms with Crippen molar-refractivity contribution in [2.45, 2.75) is 0 Å². The van der Waals surface area contributed by atoms with Gasteiger partial charge in [-0.05, 0) is 29.8 Å². The second kappa shape index (κ2) is 6.35. The second-order valence-electron chi connectivity index (χ2n) is 4.22. The molecule has 0 saturated carbocycles. The first-order chi connectivity index (χ1) is 10.2. The Labute approximate surface area is 121 Å². The molecule has 0 radical (unpaired) electrons. The molecule has 21 heavy (non-hydrogen) atoms. The molecule has 0 amide bonds. The molecule has 0 N–H and O–H groups in total. The van der Waals surface area contributed by atoms with Gasteiger partial charge in [-0.15, -0.1) is 0 Å². The van der Waals surface area contributed by atoms with Crippen LogP contribution in [0, 0.1) is 21.4 Å². The van der Waals surface area contributed by atoms with Gasteiger partial charge in [-0.3, -0.25) is 10.1 Å². The number of nitro benzene ring substituents is 1. The Bertz CT molecular complexity index is 728. The highest BCUT2D eigenvalue weighted by Gasteiger charge is 2.15. The lowest BCUT2D eigenvalue weighted by Crippen LogP contribution is -1.93. The highest BCUT2D eigenvalue weighted by atomic mass is 16.6. The molecule has 0 fully saturated rings. The molecule has 5 heteroatoms. The van der Waals surface area contributed by atoms with Gasteiger partial charge in [-0.1, -0.05) is 24.3 Å². The lowest BCUT2D eigenvalue weighted by Gasteiger charge is -2.02. The molecular formula is C16H12N2O3. The Kier molecular flexibility index (Phi) is 4.32. The van der Waals surface area contributed by atoms with Crippen molar-refractivity contribution in [1.82, 2.24) is 0 Å². The highest BCUT2D eigenvalue weighted by Crippen LogP contribution is 2.27. The topological polar surface area (TPSA) is 76.2 Å². The monoisotopic (exact) mass is 280 g/mol. The third-order valence-corrected chi connectivity index (χ3v) is 2.94. The van der Waals surface area contributed by atoms with Gasteiger partial charge in [-0.25, -0.2) is 0 Å². The molecule has 2 aromatic carbocycles. The maximum atomic E-state index is 11.0. The number of nitro groups is 1. The van der Waals surface area contributed by atoms with Crippen LogP contribution in [-0.2, 0) is 0 Å². The largest absolute Gasteiger partial charge is 0.497 e. The van der Waals surface area contributed by atoms with Gasteiger partial charge in [0.05, 0.1) is 23.2 Å². The summed E-state index contributed by atoms with van der Waals surface area (Å²) in [6, 6.07) is 15.3. The van der Waals surface area contributed by atoms with E-state index in [0.717, 1.165) is 5.56 Å². The van der Waals surface area contributed by atoms with Gasteiger partial charge in [0.25, 0.3) is 5.69 Å². The van der Waals surface area contributed by atoms with Crippen molar-refractivity contribution in [2.75, 3.05) is 7.11 Å². The Hall–Kier alpha value is -3.13. The molecule has 0 bridgehead atoms. The summed E-state index contributed by atoms with van der Waals surface area (Å²) in [5, 5.41) is 20.3. The van der Waals surface area contributed by atoms with E-state index >= 15 is 0 Å². The standard InChI is InChI=1S/C16H12N2O3/c1-21-14-8-6-12(7-9-14)10-13(11-17)15-4-2-3-5-16(15)18(19)20/h2-10H,1H3. The van der Waals surface area contributed by atoms with Gasteiger partial charge in [0.15, 0.2) is 0 Å². The van der Waals surface area contributed by atoms with Gasteiger partial charge >= 0.3 is 0 Å². The fourth-order valence-electron chi connectivity index (χ4n) is 1.90. The van der Waals surface area contributed by atoms with Crippen LogP contribution in [0.15, 0.2) is 48.5 Å². The molecule has 0 atom stereocenters. The van der Waals surface area contributed by atoms with E-state index in [0.29, 0.717) is 11.3 Å². The van der Waals surface area contributed by atoms with Crippen LogP contribution in [0.4, 0.5) is 5.69 Å². The van der Waals surface area contributed by atoms with Crippen LogP contribution in [-0.4, -0.2) is 12.0 Å². The van der Waals surface area contributed by atoms with E-state index in [-0.39, 0.29) is 11.3 Å². The minimum Gasteiger partial charge on any atom is -0.497 e. The maximum Gasteiger partial charge on any atom is 0.277 e. The first-order valence-corrected chi connectivity index (χ1v) is 6.15. The number of ether oxygens (including phenoxy) is 1. The summed E-state index contributed by atoms with van der Waals surface area (Å²) >= 11 is 0. The predicted molar refractivity (Wildman–Crippen MR) is 79.6 cm³/mol. The molecule has 0 unspecified atom stereocenters. The zero-order valence-corrected chi connectivity index (χ0v) is 11.3. The number of hydrogen-bond acceptors (Lipinski definition) is 4. The summed E-state index contributed by atoms with van der Waals surface area (Å²) in [4.78, 5) is 10.5. The number of nitrogens with zero attached hydrogens (tertiary/aromatic N) is 2. The van der Waals surface area contributed by atoms with E-state index in [2.05, 4.69) is 0 Å². The molecule has 2 aromatic rings. The van der Waals surface area contributed by atoms with Crippen LogP contribution >= 0.6 is 0 Å². The van der Waals surface area contributed by atoms with Crippen molar-refractivity contribution in [2.24, 2.45) is 0 Å². The van der Waals surface area contributed by atoms with E-state index < -0.39 is 4.92 Å². The molecule has 0 aliphatic heterocycles. The van der Waals surface area contributed by atoms with Crippen molar-refractivity contribution in [1.29, 1.82) is 5.26 Å². The number of para-hydroxylation sites is 1. The minimum atomic E-state index is -0.492. The minimum absolute atomic E-state index is 0.0844. The number of rotatable bonds is 4. The van der Waals surface area contributed by atoms with Gasteiger partial charge in [-0.2, -0.15) is 5.26 Å². The van der Waals surface area contributed by atoms with Gasteiger partial charge < -0.3 is 4.74 Å². The number of benzene rings is 2. The Morgan fingerprint density at radius 2 is 1.90 bits per heavy atom. The second-order valence-corrected chi connectivity index (χ2v) is 4.22. The molecule has 0 aliphatic carbocycles. The number of methoxy groups -OCH3 is 1. The zero-order chi connectivity index (χ0) is 15.2. The molecule has 0 aromatic heterocycles. The van der Waals surface area contributed by atoms with Crippen molar-refractivity contribution >= 4 is 17.3 Å². The summed E-state index contributed by atoms with van der Waals surface area (Å²) in [5.74, 6) is 0.705. The molecule has 104 valence electrons. The predicted octanol–water partition coefficient (Wildman–Crippen LogP) is 3.67. The first-order valence-electron chi connectivity index (χ1n) is 6.15. The van der Waals surface area contributed by atoms with E-state index in [1.54, 1.807) is 55.7 Å². The van der Waals surface area contributed by atoms with Gasteiger partial charge in [0, 0.05) is 6.07 Å². The van der Waals surface area contributed by atoms with Crippen LogP contribution in [0.5, 0.6) is 5.75 Å². The Morgan fingerprint density at radius 1 is 1.24 bits per heavy atom. The molecule has 0 heterocycles. The molecule has 0 spiro atoms. The number of allylic oxidation sites excluding steroid dienone is 1. The van der Waals surface area contributed by atoms with Crippen molar-refractivity contribution in [3.63, 3.8) is 0 Å². The maximum absolute atomic E-state index is 11.0. The zero-order valence-electron chi connectivity index (χ0n) is 11.3. The Morgan fingerprint density at radius 3 is 2.48 bits per heavy atom. The summed E-state index contributed by atoms with van der Waals surface area (Å²) in [5.41, 5.74) is 1.23. The van der Waals surface area contributed by atoms with Crippen molar-refractivity contribution in [3.8, 4) is 11.8 Å². The third kappa shape index (κ3) is 3.25. The van der Waals surface area contributed by atoms with Crippen LogP contribution in [0.3, 0.4) is 0 Å². The SMILES string of the molecule is COc1ccc(C=C(C#N)c2ccccc2[N+](=O)[O-])cc1. The van der Waals surface area contributed by atoms with Crippen LogP contribution in [0.1, 0.15) is 11.1 Å². The normalized spacial score (nSPS) is 10.8. The average molecular weight is 280 g/mol. The summed E-state index contributed by atoms with van der Waals surface area (Å²) in [6.07, 6.45) is 1.61. The summed E-state index contributed by atoms with van der Waals surface area (Å²) < 4.78 is 5.06. The van der Waals surface area contributed by atoms with E-state index in [4.69, 9.17) is 4.74 Å². The van der Waals surface area contributed by atoms with Crippen LogP contribution in [0.25, 0.3) is 11.6 Å². The fourth-order valence-corrected chi connectivity index (χ4v) is 1.90. The highest BCUT2D eigenvalue weighted by molar-refractivity contribution is 5.92. The number of nitriles is 1. The molecule has 5 nitrogen and oxygen atoms in total. The molecule has 0 saturated heterocycles. The van der Waals surface area contributed by atoms with Gasteiger partial charge in [0.1, 0.15) is 11.8 Å². The summed E-state index contributed by atoms with van der Waals surface area (Å²) in [7, 11) is 1.57. The average Bonchev–Trinajstić information content (AvgIpc) is 2.53. The Balaban J connectivity index is 2.46. The van der Waals surface area contributed by atoms with Gasteiger partial charge in [0.2, 0.25) is 0 Å². The van der Waals surface area contributed by atoms with E-state index in [1.165, 1.54) is 6.07 Å². The van der Waals surface area contributed by atoms with E-state index in [1.807, 2.05) is 6.07 Å². The smallest absolute Gasteiger partial charge is 0.277 e. The third-order valence-electron chi connectivity index (χ3n) is 2.94. The summed E-state index contributed by atoms with van der Waals surface area (Å²) in [6.45, 7) is 0.